The van der Waals surface area contributed by atoms with Gasteiger partial charge >= 0.3 is 6.09 Å². The molecule has 0 N–H and O–H groups in total. The Kier molecular flexibility index (Phi) is 4.24. The molecule has 1 atom stereocenters. The Morgan fingerprint density at radius 3 is 2.59 bits per heavy atom. The molecule has 0 bridgehead atoms. The monoisotopic (exact) mass is 293 g/mol. The van der Waals surface area contributed by atoms with Crippen LogP contribution in [0, 0.1) is 0 Å². The molecule has 1 aliphatic heterocycles. The molecule has 1 aliphatic rings. The molecule has 22 heavy (non-hydrogen) atoms. The van der Waals surface area contributed by atoms with Crippen molar-refractivity contribution in [2.45, 2.75) is 12.3 Å². The summed E-state index contributed by atoms with van der Waals surface area (Å²) in [4.78, 5) is 13.5. The molecule has 0 radical (unpaired) electrons. The zero-order valence-corrected chi connectivity index (χ0v) is 12.6. The smallest absolute Gasteiger partial charge is 0.413 e. The average Bonchev–Trinajstić information content (AvgIpc) is 2.56. The minimum atomic E-state index is -0.317. The van der Waals surface area contributed by atoms with Gasteiger partial charge in [-0.1, -0.05) is 54.6 Å². The van der Waals surface area contributed by atoms with Gasteiger partial charge in [0, 0.05) is 18.7 Å². The van der Waals surface area contributed by atoms with Gasteiger partial charge in [-0.25, -0.2) is 4.79 Å². The van der Waals surface area contributed by atoms with Crippen molar-refractivity contribution in [1.82, 2.24) is 4.90 Å². The second-order valence-corrected chi connectivity index (χ2v) is 5.36. The molecule has 1 unspecified atom stereocenters. The van der Waals surface area contributed by atoms with Crippen molar-refractivity contribution in [1.29, 1.82) is 0 Å². The van der Waals surface area contributed by atoms with Crippen molar-refractivity contribution in [3.05, 3.63) is 77.5 Å². The number of fused-ring (bicyclic) bond motifs is 1. The van der Waals surface area contributed by atoms with Gasteiger partial charge in [0.2, 0.25) is 0 Å². The molecule has 112 valence electrons. The zero-order chi connectivity index (χ0) is 15.4. The Labute approximate surface area is 130 Å². The molecule has 1 amide bonds. The second kappa shape index (κ2) is 6.48. The van der Waals surface area contributed by atoms with Gasteiger partial charge in [-0.3, -0.25) is 4.90 Å². The molecule has 0 saturated carbocycles. The van der Waals surface area contributed by atoms with E-state index in [1.807, 2.05) is 24.4 Å². The maximum absolute atomic E-state index is 11.8. The first kappa shape index (κ1) is 14.4. The largest absolute Gasteiger partial charge is 0.452 e. The second-order valence-electron chi connectivity index (χ2n) is 5.36. The SMILES string of the molecule is COC(=O)N1/C=C\c2ccccc2C(c2ccccc2)CC1. The summed E-state index contributed by atoms with van der Waals surface area (Å²) < 4.78 is 4.85. The van der Waals surface area contributed by atoms with Crippen molar-refractivity contribution in [3.63, 3.8) is 0 Å². The number of hydrogen-bond acceptors (Lipinski definition) is 2. The molecule has 2 aromatic rings. The molecule has 2 aromatic carbocycles. The first-order valence-corrected chi connectivity index (χ1v) is 7.46. The quantitative estimate of drug-likeness (QED) is 0.786. The highest BCUT2D eigenvalue weighted by Crippen LogP contribution is 2.32. The molecule has 0 fully saturated rings. The maximum atomic E-state index is 11.8. The fourth-order valence-corrected chi connectivity index (χ4v) is 2.95. The van der Waals surface area contributed by atoms with Crippen LogP contribution in [-0.4, -0.2) is 24.6 Å². The van der Waals surface area contributed by atoms with Crippen molar-refractivity contribution in [2.75, 3.05) is 13.7 Å². The van der Waals surface area contributed by atoms with Crippen LogP contribution in [-0.2, 0) is 4.74 Å². The van der Waals surface area contributed by atoms with Crippen molar-refractivity contribution in [2.24, 2.45) is 0 Å². The number of methoxy groups -OCH3 is 1. The number of nitrogens with zero attached hydrogens (tertiary/aromatic N) is 1. The van der Waals surface area contributed by atoms with E-state index in [2.05, 4.69) is 42.5 Å². The summed E-state index contributed by atoms with van der Waals surface area (Å²) in [5, 5.41) is 0. The van der Waals surface area contributed by atoms with Crippen molar-refractivity contribution >= 4 is 12.2 Å². The molecule has 0 saturated heterocycles. The van der Waals surface area contributed by atoms with E-state index in [-0.39, 0.29) is 12.0 Å². The van der Waals surface area contributed by atoms with Gasteiger partial charge in [-0.2, -0.15) is 0 Å². The molecular formula is C19H19NO2. The summed E-state index contributed by atoms with van der Waals surface area (Å²) in [6.45, 7) is 0.636. The van der Waals surface area contributed by atoms with Crippen LogP contribution < -0.4 is 0 Å². The first-order valence-electron chi connectivity index (χ1n) is 7.46. The van der Waals surface area contributed by atoms with E-state index in [0.717, 1.165) is 12.0 Å². The predicted molar refractivity (Wildman–Crippen MR) is 87.5 cm³/mol. The highest BCUT2D eigenvalue weighted by molar-refractivity contribution is 5.71. The van der Waals surface area contributed by atoms with Gasteiger partial charge in [0.15, 0.2) is 0 Å². The van der Waals surface area contributed by atoms with Crippen LogP contribution in [0.2, 0.25) is 0 Å². The third-order valence-corrected chi connectivity index (χ3v) is 4.08. The van der Waals surface area contributed by atoms with Gasteiger partial charge in [-0.15, -0.1) is 0 Å². The lowest BCUT2D eigenvalue weighted by molar-refractivity contribution is 0.139. The number of rotatable bonds is 1. The Hall–Kier alpha value is -2.55. The van der Waals surface area contributed by atoms with Gasteiger partial charge in [0.25, 0.3) is 0 Å². The van der Waals surface area contributed by atoms with E-state index in [4.69, 9.17) is 4.74 Å². The summed E-state index contributed by atoms with van der Waals surface area (Å²) >= 11 is 0. The van der Waals surface area contributed by atoms with Gasteiger partial charge < -0.3 is 4.74 Å². The van der Waals surface area contributed by atoms with E-state index < -0.39 is 0 Å². The lowest BCUT2D eigenvalue weighted by atomic mass is 9.85. The Balaban J connectivity index is 2.03. The van der Waals surface area contributed by atoms with Crippen LogP contribution in [0.1, 0.15) is 29.0 Å². The summed E-state index contributed by atoms with van der Waals surface area (Å²) in [5.74, 6) is 0.273. The minimum absolute atomic E-state index is 0.273. The lowest BCUT2D eigenvalue weighted by Gasteiger charge is -2.26. The van der Waals surface area contributed by atoms with Gasteiger partial charge in [0.05, 0.1) is 7.11 Å². The fraction of sp³-hybridized carbons (Fsp3) is 0.211. The van der Waals surface area contributed by atoms with Crippen LogP contribution in [0.5, 0.6) is 0 Å². The van der Waals surface area contributed by atoms with Crippen LogP contribution in [0.25, 0.3) is 6.08 Å². The maximum Gasteiger partial charge on any atom is 0.413 e. The van der Waals surface area contributed by atoms with Crippen LogP contribution in [0.4, 0.5) is 4.79 Å². The number of hydrogen-bond donors (Lipinski definition) is 0. The third-order valence-electron chi connectivity index (χ3n) is 4.08. The van der Waals surface area contributed by atoms with E-state index in [9.17, 15) is 4.79 Å². The fourth-order valence-electron chi connectivity index (χ4n) is 2.95. The van der Waals surface area contributed by atoms with Gasteiger partial charge in [-0.05, 0) is 29.2 Å². The Morgan fingerprint density at radius 1 is 1.09 bits per heavy atom. The highest BCUT2D eigenvalue weighted by atomic mass is 16.5. The summed E-state index contributed by atoms with van der Waals surface area (Å²) in [5.41, 5.74) is 3.72. The number of benzene rings is 2. The first-order chi connectivity index (χ1) is 10.8. The topological polar surface area (TPSA) is 29.5 Å². The predicted octanol–water partition coefficient (Wildman–Crippen LogP) is 4.26. The van der Waals surface area contributed by atoms with E-state index in [1.165, 1.54) is 18.2 Å². The summed E-state index contributed by atoms with van der Waals surface area (Å²) in [6.07, 6.45) is 4.34. The van der Waals surface area contributed by atoms with Crippen molar-refractivity contribution in [3.8, 4) is 0 Å². The summed E-state index contributed by atoms with van der Waals surface area (Å²) in [7, 11) is 1.41. The highest BCUT2D eigenvalue weighted by Gasteiger charge is 2.21. The van der Waals surface area contributed by atoms with E-state index in [0.29, 0.717) is 6.54 Å². The normalized spacial score (nSPS) is 18.8. The molecule has 3 heteroatoms. The standard InChI is InChI=1S/C19H19NO2/c1-22-19(21)20-13-11-16-9-5-6-10-17(16)18(12-14-20)15-7-3-2-4-8-15/h2-11,13,18H,12,14H2,1H3/b13-11-. The van der Waals surface area contributed by atoms with Crippen molar-refractivity contribution < 1.29 is 9.53 Å². The molecular weight excluding hydrogens is 274 g/mol. The average molecular weight is 293 g/mol. The number of amides is 1. The van der Waals surface area contributed by atoms with E-state index in [1.54, 1.807) is 4.90 Å². The minimum Gasteiger partial charge on any atom is -0.452 e. The molecule has 0 aliphatic carbocycles. The van der Waals surface area contributed by atoms with Crippen LogP contribution >= 0.6 is 0 Å². The molecule has 3 rings (SSSR count). The zero-order valence-electron chi connectivity index (χ0n) is 12.6. The lowest BCUT2D eigenvalue weighted by Crippen LogP contribution is -2.28. The molecule has 3 nitrogen and oxygen atoms in total. The Bertz CT molecular complexity index is 679. The van der Waals surface area contributed by atoms with E-state index >= 15 is 0 Å². The number of ether oxygens (including phenoxy) is 1. The molecule has 0 aromatic heterocycles. The Morgan fingerprint density at radius 2 is 1.82 bits per heavy atom. The third kappa shape index (κ3) is 2.89. The van der Waals surface area contributed by atoms with Crippen LogP contribution in [0.3, 0.4) is 0 Å². The summed E-state index contributed by atoms with van der Waals surface area (Å²) in [6, 6.07) is 18.8. The van der Waals surface area contributed by atoms with Crippen LogP contribution in [0.15, 0.2) is 60.8 Å². The number of carbonyl (C=O) groups excluding carboxylic acids is 1. The van der Waals surface area contributed by atoms with Gasteiger partial charge in [0.1, 0.15) is 0 Å². The molecule has 0 spiro atoms. The molecule has 1 heterocycles. The number of carbonyl (C=O) groups is 1.